The summed E-state index contributed by atoms with van der Waals surface area (Å²) in [5.41, 5.74) is 0.537. The van der Waals surface area contributed by atoms with Crippen molar-refractivity contribution in [3.8, 4) is 5.75 Å². The predicted octanol–water partition coefficient (Wildman–Crippen LogP) is 3.20. The van der Waals surface area contributed by atoms with Crippen LogP contribution in [0.5, 0.6) is 5.75 Å². The second-order valence-electron chi connectivity index (χ2n) is 6.40. The van der Waals surface area contributed by atoms with Gasteiger partial charge in [-0.3, -0.25) is 4.79 Å². The Labute approximate surface area is 169 Å². The largest absolute Gasteiger partial charge is 0.491 e. The molecule has 0 radical (unpaired) electrons. The van der Waals surface area contributed by atoms with E-state index in [9.17, 15) is 13.2 Å². The molecule has 1 aromatic carbocycles. The van der Waals surface area contributed by atoms with Crippen molar-refractivity contribution in [3.05, 3.63) is 40.6 Å². The topological polar surface area (TPSA) is 84.9 Å². The molecule has 28 heavy (non-hydrogen) atoms. The zero-order valence-electron chi connectivity index (χ0n) is 15.7. The summed E-state index contributed by atoms with van der Waals surface area (Å²) < 4.78 is 37.9. The molecule has 152 valence electrons. The molecule has 0 saturated carbocycles. The number of carbonyl (C=O) groups excluding carboxylic acids is 1. The Morgan fingerprint density at radius 3 is 2.71 bits per heavy atom. The van der Waals surface area contributed by atoms with Gasteiger partial charge in [-0.25, -0.2) is 8.42 Å². The fourth-order valence-corrected chi connectivity index (χ4v) is 5.82. The van der Waals surface area contributed by atoms with Crippen LogP contribution in [-0.2, 0) is 14.8 Å². The van der Waals surface area contributed by atoms with Gasteiger partial charge in [-0.1, -0.05) is 12.5 Å². The Hall–Kier alpha value is -1.94. The molecule has 1 N–H and O–H groups in total. The van der Waals surface area contributed by atoms with Crippen LogP contribution >= 0.6 is 11.3 Å². The minimum atomic E-state index is -3.67. The summed E-state index contributed by atoms with van der Waals surface area (Å²) in [4.78, 5) is 13.0. The molecule has 0 atom stereocenters. The highest BCUT2D eigenvalue weighted by molar-refractivity contribution is 7.89. The van der Waals surface area contributed by atoms with Crippen LogP contribution in [0.15, 0.2) is 40.6 Å². The van der Waals surface area contributed by atoms with Crippen LogP contribution in [0.4, 0.5) is 5.69 Å². The molecule has 0 spiro atoms. The van der Waals surface area contributed by atoms with E-state index >= 15 is 0 Å². The SMILES string of the molecule is COCCOc1cccc(NC(=O)c2sccc2S(=O)(=O)N2CCCCC2)c1. The van der Waals surface area contributed by atoms with Crippen molar-refractivity contribution in [2.24, 2.45) is 0 Å². The molecule has 2 aromatic rings. The van der Waals surface area contributed by atoms with Crippen molar-refractivity contribution in [1.29, 1.82) is 0 Å². The van der Waals surface area contributed by atoms with Gasteiger partial charge >= 0.3 is 0 Å². The van der Waals surface area contributed by atoms with Gasteiger partial charge in [0.05, 0.1) is 6.61 Å². The smallest absolute Gasteiger partial charge is 0.267 e. The molecule has 1 saturated heterocycles. The molecule has 0 bridgehead atoms. The van der Waals surface area contributed by atoms with Crippen LogP contribution in [0.2, 0.25) is 0 Å². The average molecular weight is 425 g/mol. The number of piperidine rings is 1. The number of hydrogen-bond acceptors (Lipinski definition) is 6. The molecule has 1 aliphatic heterocycles. The van der Waals surface area contributed by atoms with Gasteiger partial charge in [0.1, 0.15) is 22.1 Å². The van der Waals surface area contributed by atoms with E-state index in [4.69, 9.17) is 9.47 Å². The number of hydrogen-bond donors (Lipinski definition) is 1. The number of sulfonamides is 1. The lowest BCUT2D eigenvalue weighted by atomic mass is 10.2. The minimum absolute atomic E-state index is 0.0735. The van der Waals surface area contributed by atoms with Crippen molar-refractivity contribution < 1.29 is 22.7 Å². The van der Waals surface area contributed by atoms with Crippen LogP contribution in [0, 0.1) is 0 Å². The molecule has 9 heteroatoms. The molecule has 1 fully saturated rings. The molecule has 3 rings (SSSR count). The van der Waals surface area contributed by atoms with E-state index in [1.165, 1.54) is 10.4 Å². The third-order valence-electron chi connectivity index (χ3n) is 4.42. The number of nitrogens with zero attached hydrogens (tertiary/aromatic N) is 1. The highest BCUT2D eigenvalue weighted by atomic mass is 32.2. The van der Waals surface area contributed by atoms with Crippen LogP contribution in [-0.4, -0.2) is 52.0 Å². The van der Waals surface area contributed by atoms with Gasteiger partial charge in [-0.2, -0.15) is 4.31 Å². The van der Waals surface area contributed by atoms with E-state index in [2.05, 4.69) is 5.32 Å². The number of nitrogens with one attached hydrogen (secondary N) is 1. The first-order chi connectivity index (χ1) is 13.5. The molecule has 1 aliphatic rings. The van der Waals surface area contributed by atoms with Crippen LogP contribution in [0.1, 0.15) is 28.9 Å². The van der Waals surface area contributed by atoms with Crippen LogP contribution in [0.25, 0.3) is 0 Å². The van der Waals surface area contributed by atoms with E-state index in [-0.39, 0.29) is 9.77 Å². The summed E-state index contributed by atoms with van der Waals surface area (Å²) in [5.74, 6) is 0.154. The predicted molar refractivity (Wildman–Crippen MR) is 109 cm³/mol. The monoisotopic (exact) mass is 424 g/mol. The molecule has 0 aliphatic carbocycles. The van der Waals surface area contributed by atoms with Crippen molar-refractivity contribution >= 4 is 33.0 Å². The second-order valence-corrected chi connectivity index (χ2v) is 9.22. The average Bonchev–Trinajstić information content (AvgIpc) is 3.20. The Balaban J connectivity index is 1.74. The third-order valence-corrected chi connectivity index (χ3v) is 7.40. The number of methoxy groups -OCH3 is 1. The van der Waals surface area contributed by atoms with Gasteiger partial charge in [-0.05, 0) is 36.4 Å². The van der Waals surface area contributed by atoms with E-state index in [0.717, 1.165) is 30.6 Å². The summed E-state index contributed by atoms with van der Waals surface area (Å²) in [6.45, 7) is 1.86. The third kappa shape index (κ3) is 4.91. The van der Waals surface area contributed by atoms with E-state index in [0.29, 0.717) is 37.7 Å². The second kappa shape index (κ2) is 9.51. The molecule has 1 aromatic heterocycles. The molecular weight excluding hydrogens is 400 g/mol. The number of benzene rings is 1. The quantitative estimate of drug-likeness (QED) is 0.658. The lowest BCUT2D eigenvalue weighted by Gasteiger charge is -2.25. The highest BCUT2D eigenvalue weighted by Gasteiger charge is 2.31. The number of amides is 1. The molecule has 1 amide bonds. The van der Waals surface area contributed by atoms with Crippen LogP contribution in [0.3, 0.4) is 0 Å². The normalized spacial score (nSPS) is 15.3. The maximum absolute atomic E-state index is 12.9. The number of thiophene rings is 1. The standard InChI is InChI=1S/C19H24N2O5S2/c1-25-11-12-26-16-7-5-6-15(14-16)20-19(22)18-17(8-13-27-18)28(23,24)21-9-3-2-4-10-21/h5-8,13-14H,2-4,9-12H2,1H3,(H,20,22). The van der Waals surface area contributed by atoms with Gasteiger partial charge in [0.2, 0.25) is 10.0 Å². The zero-order chi connectivity index (χ0) is 20.0. The lowest BCUT2D eigenvalue weighted by molar-refractivity contribution is 0.102. The Morgan fingerprint density at radius 2 is 1.96 bits per heavy atom. The first-order valence-corrected chi connectivity index (χ1v) is 11.4. The Bertz CT molecular complexity index is 905. The summed E-state index contributed by atoms with van der Waals surface area (Å²) in [6.07, 6.45) is 2.73. The minimum Gasteiger partial charge on any atom is -0.491 e. The van der Waals surface area contributed by atoms with Crippen molar-refractivity contribution in [2.45, 2.75) is 24.2 Å². The summed E-state index contributed by atoms with van der Waals surface area (Å²) in [6, 6.07) is 8.47. The van der Waals surface area contributed by atoms with Gasteiger partial charge in [0.25, 0.3) is 5.91 Å². The van der Waals surface area contributed by atoms with Gasteiger partial charge in [-0.15, -0.1) is 11.3 Å². The molecule has 7 nitrogen and oxygen atoms in total. The van der Waals surface area contributed by atoms with Crippen molar-refractivity contribution in [2.75, 3.05) is 38.7 Å². The number of ether oxygens (including phenoxy) is 2. The van der Waals surface area contributed by atoms with Gasteiger partial charge in [0.15, 0.2) is 0 Å². The van der Waals surface area contributed by atoms with Crippen molar-refractivity contribution in [1.82, 2.24) is 4.31 Å². The summed E-state index contributed by atoms with van der Waals surface area (Å²) in [5, 5.41) is 4.40. The summed E-state index contributed by atoms with van der Waals surface area (Å²) in [7, 11) is -2.07. The molecule has 0 unspecified atom stereocenters. The van der Waals surface area contributed by atoms with E-state index < -0.39 is 15.9 Å². The maximum Gasteiger partial charge on any atom is 0.267 e. The van der Waals surface area contributed by atoms with Gasteiger partial charge < -0.3 is 14.8 Å². The molecule has 2 heterocycles. The maximum atomic E-state index is 12.9. The first kappa shape index (κ1) is 20.8. The fraction of sp³-hybridized carbons (Fsp3) is 0.421. The first-order valence-electron chi connectivity index (χ1n) is 9.13. The number of carbonyl (C=O) groups is 1. The molecular formula is C19H24N2O5S2. The highest BCUT2D eigenvalue weighted by Crippen LogP contribution is 2.28. The number of rotatable bonds is 8. The van der Waals surface area contributed by atoms with E-state index in [1.54, 1.807) is 36.8 Å². The summed E-state index contributed by atoms with van der Waals surface area (Å²) >= 11 is 1.12. The van der Waals surface area contributed by atoms with Crippen LogP contribution < -0.4 is 10.1 Å². The van der Waals surface area contributed by atoms with Gasteiger partial charge in [0, 0.05) is 32.0 Å². The Morgan fingerprint density at radius 1 is 1.18 bits per heavy atom. The number of anilines is 1. The zero-order valence-corrected chi connectivity index (χ0v) is 17.4. The lowest BCUT2D eigenvalue weighted by Crippen LogP contribution is -2.36. The van der Waals surface area contributed by atoms with E-state index in [1.807, 2.05) is 0 Å². The fourth-order valence-electron chi connectivity index (χ4n) is 3.00. The Kier molecular flexibility index (Phi) is 7.06. The van der Waals surface area contributed by atoms with Crippen molar-refractivity contribution in [3.63, 3.8) is 0 Å².